The largest absolute Gasteiger partial charge is 0.350 e. The second-order valence-corrected chi connectivity index (χ2v) is 3.32. The number of hydrazine groups is 2. The van der Waals surface area contributed by atoms with E-state index in [0.29, 0.717) is 10.0 Å². The van der Waals surface area contributed by atoms with Gasteiger partial charge >= 0.3 is 12.1 Å². The number of primary amides is 2. The van der Waals surface area contributed by atoms with Crippen molar-refractivity contribution in [2.75, 3.05) is 15.3 Å². The third-order valence-corrected chi connectivity index (χ3v) is 2.13. The topological polar surface area (TPSA) is 192 Å². The predicted molar refractivity (Wildman–Crippen MR) is 65.4 cm³/mol. The Labute approximate surface area is 106 Å². The highest BCUT2D eigenvalue weighted by molar-refractivity contribution is 6.01. The van der Waals surface area contributed by atoms with Gasteiger partial charge in [-0.15, -0.1) is 5.10 Å². The van der Waals surface area contributed by atoms with Crippen molar-refractivity contribution in [1.29, 1.82) is 0 Å². The zero-order chi connectivity index (χ0) is 14.7. The van der Waals surface area contributed by atoms with E-state index >= 15 is 0 Å². The highest BCUT2D eigenvalue weighted by Crippen LogP contribution is 2.32. The summed E-state index contributed by atoms with van der Waals surface area (Å²) in [7, 11) is 1.40. The summed E-state index contributed by atoms with van der Waals surface area (Å²) in [5, 5.41) is 7.04. The third kappa shape index (κ3) is 2.53. The van der Waals surface area contributed by atoms with Crippen LogP contribution in [0.2, 0.25) is 0 Å². The molecule has 0 spiro atoms. The summed E-state index contributed by atoms with van der Waals surface area (Å²) in [6.45, 7) is 0. The molecule has 0 atom stereocenters. The van der Waals surface area contributed by atoms with Crippen LogP contribution in [-0.4, -0.2) is 28.3 Å². The highest BCUT2D eigenvalue weighted by Gasteiger charge is 2.26. The molecule has 1 aromatic heterocycles. The summed E-state index contributed by atoms with van der Waals surface area (Å²) in [5.41, 5.74) is 9.91. The minimum absolute atomic E-state index is 0.0775. The normalized spacial score (nSPS) is 9.84. The standard InChI is InChI=1S/C7H13N9O3/c1-14-5(16(11)7(9)19)3(12-2-17)4(13-14)15(10)6(8)18/h2H,10-11H2,1H3,(H2,8,18)(H2,9,19)(H,12,17). The summed E-state index contributed by atoms with van der Waals surface area (Å²) in [6, 6.07) is -2.03. The van der Waals surface area contributed by atoms with Crippen LogP contribution in [0.3, 0.4) is 0 Å². The van der Waals surface area contributed by atoms with Crippen molar-refractivity contribution in [2.24, 2.45) is 30.2 Å². The number of anilines is 3. The second kappa shape index (κ2) is 5.19. The zero-order valence-electron chi connectivity index (χ0n) is 9.90. The molecule has 12 nitrogen and oxygen atoms in total. The van der Waals surface area contributed by atoms with E-state index in [-0.39, 0.29) is 23.7 Å². The summed E-state index contributed by atoms with van der Waals surface area (Å²) < 4.78 is 1.09. The highest BCUT2D eigenvalue weighted by atomic mass is 16.2. The average molecular weight is 271 g/mol. The first-order valence-electron chi connectivity index (χ1n) is 4.77. The molecule has 0 saturated carbocycles. The summed E-state index contributed by atoms with van der Waals surface area (Å²) in [5.74, 6) is 10.5. The zero-order valence-corrected chi connectivity index (χ0v) is 9.90. The number of hydrogen-bond acceptors (Lipinski definition) is 6. The van der Waals surface area contributed by atoms with Gasteiger partial charge in [-0.25, -0.2) is 36.0 Å². The molecule has 0 aliphatic rings. The molecule has 0 aromatic carbocycles. The Hall–Kier alpha value is -2.86. The molecule has 1 rings (SSSR count). The Morgan fingerprint density at radius 3 is 2.21 bits per heavy atom. The quantitative estimate of drug-likeness (QED) is 0.174. The summed E-state index contributed by atoms with van der Waals surface area (Å²) in [4.78, 5) is 32.6. The van der Waals surface area contributed by atoms with E-state index < -0.39 is 12.1 Å². The second-order valence-electron chi connectivity index (χ2n) is 3.32. The van der Waals surface area contributed by atoms with Crippen LogP contribution in [0.1, 0.15) is 0 Å². The van der Waals surface area contributed by atoms with Crippen LogP contribution >= 0.6 is 0 Å². The molecule has 0 radical (unpaired) electrons. The van der Waals surface area contributed by atoms with Crippen LogP contribution in [-0.2, 0) is 11.8 Å². The van der Waals surface area contributed by atoms with E-state index in [2.05, 4.69) is 10.4 Å². The molecule has 1 aromatic rings. The molecular weight excluding hydrogens is 258 g/mol. The lowest BCUT2D eigenvalue weighted by Crippen LogP contribution is -2.43. The van der Waals surface area contributed by atoms with Crippen molar-refractivity contribution in [3.05, 3.63) is 0 Å². The van der Waals surface area contributed by atoms with Gasteiger partial charge in [0, 0.05) is 7.05 Å². The molecule has 12 heteroatoms. The molecule has 0 unspecified atom stereocenters. The molecule has 0 bridgehead atoms. The number of hydrogen-bond donors (Lipinski definition) is 5. The van der Waals surface area contributed by atoms with Gasteiger partial charge in [0.2, 0.25) is 6.41 Å². The van der Waals surface area contributed by atoms with Gasteiger partial charge in [0.15, 0.2) is 11.6 Å². The van der Waals surface area contributed by atoms with Crippen LogP contribution < -0.4 is 38.5 Å². The van der Waals surface area contributed by atoms with Crippen molar-refractivity contribution in [1.82, 2.24) is 9.78 Å². The molecule has 0 aliphatic heterocycles. The van der Waals surface area contributed by atoms with Crippen LogP contribution in [0, 0.1) is 0 Å². The van der Waals surface area contributed by atoms with Crippen LogP contribution in [0.15, 0.2) is 0 Å². The summed E-state index contributed by atoms with van der Waals surface area (Å²) >= 11 is 0. The van der Waals surface area contributed by atoms with Crippen LogP contribution in [0.25, 0.3) is 0 Å². The van der Waals surface area contributed by atoms with Crippen LogP contribution in [0.5, 0.6) is 0 Å². The SMILES string of the molecule is Cn1nc(N(N)C(N)=O)c(NC=O)c1N(N)C(N)=O. The van der Waals surface area contributed by atoms with Crippen molar-refractivity contribution >= 4 is 35.8 Å². The maximum Gasteiger partial charge on any atom is 0.335 e. The smallest absolute Gasteiger partial charge is 0.335 e. The van der Waals surface area contributed by atoms with Crippen molar-refractivity contribution in [3.8, 4) is 0 Å². The van der Waals surface area contributed by atoms with Crippen molar-refractivity contribution < 1.29 is 14.4 Å². The lowest BCUT2D eigenvalue weighted by molar-refractivity contribution is -0.105. The predicted octanol–water partition coefficient (Wildman–Crippen LogP) is -2.49. The maximum atomic E-state index is 11.1. The monoisotopic (exact) mass is 271 g/mol. The van der Waals surface area contributed by atoms with Gasteiger partial charge in [0.05, 0.1) is 0 Å². The molecule has 9 N–H and O–H groups in total. The lowest BCUT2D eigenvalue weighted by Gasteiger charge is -2.16. The van der Waals surface area contributed by atoms with E-state index in [4.69, 9.17) is 23.2 Å². The molecule has 0 saturated heterocycles. The number of aromatic nitrogens is 2. The number of nitrogens with zero attached hydrogens (tertiary/aromatic N) is 4. The number of urea groups is 2. The number of carbonyl (C=O) groups is 3. The molecule has 0 aliphatic carbocycles. The molecule has 19 heavy (non-hydrogen) atoms. The Kier molecular flexibility index (Phi) is 3.88. The number of aryl methyl sites for hydroxylation is 1. The number of rotatable bonds is 4. The first kappa shape index (κ1) is 14.2. The molecule has 1 heterocycles. The van der Waals surface area contributed by atoms with E-state index in [1.165, 1.54) is 7.05 Å². The van der Waals surface area contributed by atoms with Gasteiger partial charge in [-0.05, 0) is 0 Å². The van der Waals surface area contributed by atoms with Gasteiger partial charge in [0.1, 0.15) is 5.69 Å². The average Bonchev–Trinajstić information content (AvgIpc) is 2.64. The third-order valence-electron chi connectivity index (χ3n) is 2.13. The number of nitrogens with one attached hydrogen (secondary N) is 1. The Bertz CT molecular complexity index is 524. The van der Waals surface area contributed by atoms with Crippen molar-refractivity contribution in [2.45, 2.75) is 0 Å². The fourth-order valence-corrected chi connectivity index (χ4v) is 1.34. The van der Waals surface area contributed by atoms with Gasteiger partial charge in [-0.1, -0.05) is 0 Å². The van der Waals surface area contributed by atoms with E-state index in [1.54, 1.807) is 0 Å². The van der Waals surface area contributed by atoms with Crippen LogP contribution in [0.4, 0.5) is 26.9 Å². The fraction of sp³-hybridized carbons (Fsp3) is 0.143. The Morgan fingerprint density at radius 2 is 1.79 bits per heavy atom. The minimum Gasteiger partial charge on any atom is -0.350 e. The van der Waals surface area contributed by atoms with E-state index in [1.807, 2.05) is 0 Å². The van der Waals surface area contributed by atoms with Gasteiger partial charge < -0.3 is 16.8 Å². The van der Waals surface area contributed by atoms with Gasteiger partial charge in [0.25, 0.3) is 0 Å². The number of amides is 5. The number of nitrogens with two attached hydrogens (primary N) is 4. The fourth-order valence-electron chi connectivity index (χ4n) is 1.34. The summed E-state index contributed by atoms with van der Waals surface area (Å²) in [6.07, 6.45) is 0.285. The molecule has 5 amide bonds. The number of carbonyl (C=O) groups excluding carboxylic acids is 3. The minimum atomic E-state index is -1.03. The first-order chi connectivity index (χ1) is 8.81. The maximum absolute atomic E-state index is 11.1. The van der Waals surface area contributed by atoms with E-state index in [0.717, 1.165) is 4.68 Å². The molecule has 104 valence electrons. The Morgan fingerprint density at radius 1 is 1.26 bits per heavy atom. The Balaban J connectivity index is 3.43. The van der Waals surface area contributed by atoms with Gasteiger partial charge in [-0.3, -0.25) is 4.79 Å². The lowest BCUT2D eigenvalue weighted by atomic mass is 10.4. The van der Waals surface area contributed by atoms with E-state index in [9.17, 15) is 14.4 Å². The van der Waals surface area contributed by atoms with Crippen molar-refractivity contribution in [3.63, 3.8) is 0 Å². The first-order valence-corrected chi connectivity index (χ1v) is 4.77. The molecule has 0 fully saturated rings. The van der Waals surface area contributed by atoms with Gasteiger partial charge in [-0.2, -0.15) is 0 Å². The molecular formula is C7H13N9O3.